The number of nitrogens with zero attached hydrogens (tertiary/aromatic N) is 4. The Bertz CT molecular complexity index is 1240. The van der Waals surface area contributed by atoms with Crippen LogP contribution in [0.1, 0.15) is 29.3 Å². The Kier molecular flexibility index (Phi) is 7.14. The van der Waals surface area contributed by atoms with Gasteiger partial charge in [-0.3, -0.25) is 14.3 Å². The van der Waals surface area contributed by atoms with E-state index in [1.807, 2.05) is 6.07 Å². The molecule has 180 valence electrons. The van der Waals surface area contributed by atoms with E-state index in [1.54, 1.807) is 36.4 Å². The lowest BCUT2D eigenvalue weighted by atomic mass is 10.1. The molecule has 0 bridgehead atoms. The molecule has 34 heavy (non-hydrogen) atoms. The standard InChI is InChI=1S/C25H30N4O5/c1-18(30)20-7-8-23-22(16-20)29(25(33)34-23)17-19-5-3-6-21(15-19)28(24(31)32)10-4-9-27-13-11-26(2)12-14-27/h3,5-8,15-16H,4,9-14,17H2,1-2H3,(H,31,32). The number of hydrogen-bond acceptors (Lipinski definition) is 6. The van der Waals surface area contributed by atoms with Crippen LogP contribution in [0, 0.1) is 0 Å². The maximum Gasteiger partial charge on any atom is 0.420 e. The zero-order chi connectivity index (χ0) is 24.2. The van der Waals surface area contributed by atoms with Gasteiger partial charge in [0.1, 0.15) is 0 Å². The number of rotatable bonds is 8. The van der Waals surface area contributed by atoms with Crippen molar-refractivity contribution in [3.05, 3.63) is 64.1 Å². The van der Waals surface area contributed by atoms with E-state index in [4.69, 9.17) is 4.42 Å². The molecule has 1 aliphatic rings. The number of carbonyl (C=O) groups is 2. The molecular weight excluding hydrogens is 436 g/mol. The number of likely N-dealkylation sites (N-methyl/N-ethyl adjacent to an activating group) is 1. The van der Waals surface area contributed by atoms with E-state index < -0.39 is 11.8 Å². The molecule has 1 aliphatic heterocycles. The van der Waals surface area contributed by atoms with Crippen LogP contribution in [0.2, 0.25) is 0 Å². The molecule has 3 aromatic rings. The summed E-state index contributed by atoms with van der Waals surface area (Å²) in [5, 5.41) is 9.82. The maximum absolute atomic E-state index is 12.5. The molecule has 1 fully saturated rings. The number of piperazine rings is 1. The first kappa shape index (κ1) is 23.7. The predicted molar refractivity (Wildman–Crippen MR) is 130 cm³/mol. The summed E-state index contributed by atoms with van der Waals surface area (Å²) in [5.41, 5.74) is 2.76. The molecule has 0 aliphatic carbocycles. The molecule has 1 saturated heterocycles. The van der Waals surface area contributed by atoms with E-state index in [-0.39, 0.29) is 12.3 Å². The molecule has 0 saturated carbocycles. The molecule has 9 heteroatoms. The van der Waals surface area contributed by atoms with Gasteiger partial charge in [0.25, 0.3) is 0 Å². The quantitative estimate of drug-likeness (QED) is 0.510. The van der Waals surface area contributed by atoms with Crippen molar-refractivity contribution in [3.8, 4) is 0 Å². The number of benzene rings is 2. The second-order valence-electron chi connectivity index (χ2n) is 8.80. The summed E-state index contributed by atoms with van der Waals surface area (Å²) in [7, 11) is 2.11. The topological polar surface area (TPSA) is 99.2 Å². The third kappa shape index (κ3) is 5.37. The van der Waals surface area contributed by atoms with Gasteiger partial charge < -0.3 is 19.3 Å². The molecule has 2 aromatic carbocycles. The smallest absolute Gasteiger partial charge is 0.420 e. The Morgan fingerprint density at radius 3 is 2.56 bits per heavy atom. The number of Topliss-reactive ketones (excluding diaryl/α,β-unsaturated/α-hetero) is 1. The van der Waals surface area contributed by atoms with Crippen molar-refractivity contribution >= 4 is 28.7 Å². The molecule has 1 aromatic heterocycles. The predicted octanol–water partition coefficient (Wildman–Crippen LogP) is 2.97. The highest BCUT2D eigenvalue weighted by Crippen LogP contribution is 2.21. The second kappa shape index (κ2) is 10.2. The van der Waals surface area contributed by atoms with Gasteiger partial charge in [0.2, 0.25) is 0 Å². The monoisotopic (exact) mass is 466 g/mol. The van der Waals surface area contributed by atoms with Crippen LogP contribution in [-0.4, -0.2) is 77.7 Å². The molecule has 1 N–H and O–H groups in total. The zero-order valence-electron chi connectivity index (χ0n) is 19.6. The van der Waals surface area contributed by atoms with Gasteiger partial charge in [-0.05, 0) is 62.8 Å². The van der Waals surface area contributed by atoms with Gasteiger partial charge in [0.15, 0.2) is 11.4 Å². The summed E-state index contributed by atoms with van der Waals surface area (Å²) >= 11 is 0. The van der Waals surface area contributed by atoms with Crippen molar-refractivity contribution < 1.29 is 19.1 Å². The molecule has 9 nitrogen and oxygen atoms in total. The van der Waals surface area contributed by atoms with Gasteiger partial charge in [-0.25, -0.2) is 9.59 Å². The van der Waals surface area contributed by atoms with Gasteiger partial charge in [0.05, 0.1) is 12.1 Å². The van der Waals surface area contributed by atoms with Crippen molar-refractivity contribution in [1.29, 1.82) is 0 Å². The van der Waals surface area contributed by atoms with E-state index in [1.165, 1.54) is 16.4 Å². The minimum Gasteiger partial charge on any atom is -0.465 e. The highest BCUT2D eigenvalue weighted by Gasteiger charge is 2.18. The van der Waals surface area contributed by atoms with Crippen molar-refractivity contribution in [2.75, 3.05) is 51.2 Å². The Morgan fingerprint density at radius 1 is 1.09 bits per heavy atom. The van der Waals surface area contributed by atoms with Crippen LogP contribution >= 0.6 is 0 Å². The highest BCUT2D eigenvalue weighted by molar-refractivity contribution is 5.97. The first-order chi connectivity index (χ1) is 16.3. The number of carboxylic acid groups (broad SMARTS) is 1. The number of anilines is 1. The lowest BCUT2D eigenvalue weighted by Crippen LogP contribution is -2.45. The normalized spacial score (nSPS) is 15.0. The number of hydrogen-bond donors (Lipinski definition) is 1. The van der Waals surface area contributed by atoms with Crippen LogP contribution in [0.3, 0.4) is 0 Å². The maximum atomic E-state index is 12.5. The van der Waals surface area contributed by atoms with Gasteiger partial charge >= 0.3 is 11.8 Å². The SMILES string of the molecule is CC(=O)c1ccc2oc(=O)n(Cc3cccc(N(CCCN4CCN(C)CC4)C(=O)O)c3)c2c1. The highest BCUT2D eigenvalue weighted by atomic mass is 16.4. The number of carbonyl (C=O) groups excluding carboxylic acids is 1. The van der Waals surface area contributed by atoms with Crippen molar-refractivity contribution in [2.24, 2.45) is 0 Å². The third-order valence-electron chi connectivity index (χ3n) is 6.32. The Labute approximate surface area is 197 Å². The van der Waals surface area contributed by atoms with Crippen molar-refractivity contribution in [3.63, 3.8) is 0 Å². The van der Waals surface area contributed by atoms with Gasteiger partial charge in [0, 0.05) is 44.0 Å². The lowest BCUT2D eigenvalue weighted by molar-refractivity contribution is 0.101. The average molecular weight is 467 g/mol. The molecule has 4 rings (SSSR count). The van der Waals surface area contributed by atoms with Gasteiger partial charge in [-0.15, -0.1) is 0 Å². The fourth-order valence-electron chi connectivity index (χ4n) is 4.30. The summed E-state index contributed by atoms with van der Waals surface area (Å²) in [6.45, 7) is 6.97. The van der Waals surface area contributed by atoms with E-state index in [2.05, 4.69) is 16.8 Å². The minimum atomic E-state index is -1.01. The Morgan fingerprint density at radius 2 is 1.85 bits per heavy atom. The number of aromatic nitrogens is 1. The summed E-state index contributed by atoms with van der Waals surface area (Å²) in [6, 6.07) is 12.1. The van der Waals surface area contributed by atoms with E-state index in [0.717, 1.165) is 44.7 Å². The van der Waals surface area contributed by atoms with Crippen molar-refractivity contribution in [2.45, 2.75) is 19.9 Å². The number of amides is 1. The summed E-state index contributed by atoms with van der Waals surface area (Å²) in [5.74, 6) is -0.624. The Hall–Kier alpha value is -3.43. The fraction of sp³-hybridized carbons (Fsp3) is 0.400. The molecular formula is C25H30N4O5. The number of fused-ring (bicyclic) bond motifs is 1. The summed E-state index contributed by atoms with van der Waals surface area (Å²) in [4.78, 5) is 42.2. The lowest BCUT2D eigenvalue weighted by Gasteiger charge is -2.32. The second-order valence-corrected chi connectivity index (χ2v) is 8.80. The van der Waals surface area contributed by atoms with Crippen LogP contribution in [0.5, 0.6) is 0 Å². The minimum absolute atomic E-state index is 0.0993. The average Bonchev–Trinajstić information content (AvgIpc) is 3.12. The van der Waals surface area contributed by atoms with E-state index in [0.29, 0.717) is 28.9 Å². The summed E-state index contributed by atoms with van der Waals surface area (Å²) < 4.78 is 6.78. The molecule has 0 unspecified atom stereocenters. The van der Waals surface area contributed by atoms with E-state index in [9.17, 15) is 19.5 Å². The molecule has 2 heterocycles. The number of ketones is 1. The van der Waals surface area contributed by atoms with Crippen molar-refractivity contribution in [1.82, 2.24) is 14.4 Å². The first-order valence-corrected chi connectivity index (χ1v) is 11.5. The first-order valence-electron chi connectivity index (χ1n) is 11.5. The van der Waals surface area contributed by atoms with Crippen LogP contribution in [0.4, 0.5) is 10.5 Å². The number of oxazole rings is 1. The van der Waals surface area contributed by atoms with Gasteiger partial charge in [-0.1, -0.05) is 12.1 Å². The van der Waals surface area contributed by atoms with E-state index >= 15 is 0 Å². The third-order valence-corrected chi connectivity index (χ3v) is 6.32. The van der Waals surface area contributed by atoms with Gasteiger partial charge in [-0.2, -0.15) is 0 Å². The van der Waals surface area contributed by atoms with Crippen LogP contribution in [-0.2, 0) is 6.54 Å². The molecule has 0 radical (unpaired) electrons. The Balaban J connectivity index is 1.49. The van der Waals surface area contributed by atoms with Crippen LogP contribution in [0.25, 0.3) is 11.1 Å². The summed E-state index contributed by atoms with van der Waals surface area (Å²) in [6.07, 6.45) is -0.271. The fourth-order valence-corrected chi connectivity index (χ4v) is 4.30. The molecule has 0 atom stereocenters. The van der Waals surface area contributed by atoms with Crippen LogP contribution in [0.15, 0.2) is 51.7 Å². The zero-order valence-corrected chi connectivity index (χ0v) is 19.6. The molecule has 0 spiro atoms. The largest absolute Gasteiger partial charge is 0.465 e. The van der Waals surface area contributed by atoms with Crippen LogP contribution < -0.4 is 10.7 Å². The molecule has 1 amide bonds.